The fraction of sp³-hybridized carbons (Fsp3) is 0.167. The number of nitrogens with two attached hydrogens (primary N) is 1. The summed E-state index contributed by atoms with van der Waals surface area (Å²) in [6, 6.07) is 6.00. The van der Waals surface area contributed by atoms with E-state index in [0.717, 1.165) is 0 Å². The van der Waals surface area contributed by atoms with Gasteiger partial charge in [0.15, 0.2) is 0 Å². The highest BCUT2D eigenvalue weighted by atomic mass is 32.2. The van der Waals surface area contributed by atoms with Gasteiger partial charge in [-0.25, -0.2) is 13.1 Å². The van der Waals surface area contributed by atoms with Gasteiger partial charge in [-0.3, -0.25) is 9.89 Å². The van der Waals surface area contributed by atoms with Crippen LogP contribution in [-0.4, -0.2) is 31.6 Å². The monoisotopic (exact) mass is 309 g/mol. The number of carbonyl (C=O) groups excluding carboxylic acids is 1. The average molecular weight is 309 g/mol. The lowest BCUT2D eigenvalue weighted by molar-refractivity contribution is 0.102. The number of nitrogens with zero attached hydrogens (tertiary/aromatic N) is 1. The quantitative estimate of drug-likeness (QED) is 0.652. The SMILES string of the molecule is CNS(=O)(=O)c1cc(NC(=O)c2cc(N)n[nH]2)ccc1C. The van der Waals surface area contributed by atoms with Crippen molar-refractivity contribution in [1.82, 2.24) is 14.9 Å². The third kappa shape index (κ3) is 3.20. The van der Waals surface area contributed by atoms with Gasteiger partial charge in [-0.1, -0.05) is 6.07 Å². The highest BCUT2D eigenvalue weighted by Crippen LogP contribution is 2.20. The van der Waals surface area contributed by atoms with Crippen molar-refractivity contribution in [1.29, 1.82) is 0 Å². The number of amides is 1. The van der Waals surface area contributed by atoms with Crippen molar-refractivity contribution in [2.75, 3.05) is 18.1 Å². The summed E-state index contributed by atoms with van der Waals surface area (Å²) in [6.45, 7) is 1.67. The Bertz CT molecular complexity index is 782. The summed E-state index contributed by atoms with van der Waals surface area (Å²) in [5, 5.41) is 8.70. The van der Waals surface area contributed by atoms with Crippen molar-refractivity contribution in [3.63, 3.8) is 0 Å². The van der Waals surface area contributed by atoms with E-state index < -0.39 is 15.9 Å². The molecule has 2 rings (SSSR count). The van der Waals surface area contributed by atoms with Crippen LogP contribution in [0.1, 0.15) is 16.1 Å². The Kier molecular flexibility index (Phi) is 3.96. The van der Waals surface area contributed by atoms with Crippen LogP contribution >= 0.6 is 0 Å². The molecule has 1 amide bonds. The molecule has 0 spiro atoms. The second kappa shape index (κ2) is 5.54. The predicted octanol–water partition coefficient (Wildman–Crippen LogP) is 0.461. The van der Waals surface area contributed by atoms with E-state index in [-0.39, 0.29) is 16.4 Å². The number of benzene rings is 1. The first-order valence-corrected chi connectivity index (χ1v) is 7.48. The molecule has 0 unspecified atom stereocenters. The minimum Gasteiger partial charge on any atom is -0.382 e. The fourth-order valence-electron chi connectivity index (χ4n) is 1.73. The van der Waals surface area contributed by atoms with E-state index in [1.807, 2.05) is 0 Å². The third-order valence-corrected chi connectivity index (χ3v) is 4.40. The van der Waals surface area contributed by atoms with Gasteiger partial charge in [-0.05, 0) is 31.7 Å². The number of H-pyrrole nitrogens is 1. The summed E-state index contributed by atoms with van der Waals surface area (Å²) in [4.78, 5) is 12.0. The fourth-order valence-corrected chi connectivity index (χ4v) is 2.72. The van der Waals surface area contributed by atoms with E-state index in [9.17, 15) is 13.2 Å². The zero-order valence-corrected chi connectivity index (χ0v) is 12.3. The standard InChI is InChI=1S/C12H15N5O3S/c1-7-3-4-8(5-10(7)21(19,20)14-2)15-12(18)9-6-11(13)17-16-9/h3-6,14H,1-2H3,(H,15,18)(H3,13,16,17). The Hall–Kier alpha value is -2.39. The minimum absolute atomic E-state index is 0.104. The molecule has 1 heterocycles. The highest BCUT2D eigenvalue weighted by Gasteiger charge is 2.16. The molecule has 112 valence electrons. The summed E-state index contributed by atoms with van der Waals surface area (Å²) in [6.07, 6.45) is 0. The van der Waals surface area contributed by atoms with Crippen LogP contribution in [-0.2, 0) is 10.0 Å². The maximum Gasteiger partial charge on any atom is 0.273 e. The largest absolute Gasteiger partial charge is 0.382 e. The van der Waals surface area contributed by atoms with E-state index in [2.05, 4.69) is 20.2 Å². The van der Waals surface area contributed by atoms with Crippen molar-refractivity contribution >= 4 is 27.4 Å². The van der Waals surface area contributed by atoms with Crippen molar-refractivity contribution in [2.24, 2.45) is 0 Å². The van der Waals surface area contributed by atoms with Crippen molar-refractivity contribution in [2.45, 2.75) is 11.8 Å². The van der Waals surface area contributed by atoms with Gasteiger partial charge in [0.25, 0.3) is 5.91 Å². The van der Waals surface area contributed by atoms with Gasteiger partial charge < -0.3 is 11.1 Å². The number of carbonyl (C=O) groups is 1. The molecule has 0 saturated carbocycles. The lowest BCUT2D eigenvalue weighted by atomic mass is 10.2. The predicted molar refractivity (Wildman–Crippen MR) is 78.4 cm³/mol. The molecule has 5 N–H and O–H groups in total. The minimum atomic E-state index is -3.59. The number of rotatable bonds is 4. The first-order valence-electron chi connectivity index (χ1n) is 6.00. The molecule has 1 aromatic carbocycles. The zero-order chi connectivity index (χ0) is 15.6. The van der Waals surface area contributed by atoms with Crippen molar-refractivity contribution in [3.05, 3.63) is 35.5 Å². The van der Waals surface area contributed by atoms with Gasteiger partial charge >= 0.3 is 0 Å². The summed E-state index contributed by atoms with van der Waals surface area (Å²) >= 11 is 0. The smallest absolute Gasteiger partial charge is 0.273 e. The maximum absolute atomic E-state index is 11.9. The zero-order valence-electron chi connectivity index (χ0n) is 11.5. The maximum atomic E-state index is 11.9. The molecular formula is C12H15N5O3S. The Morgan fingerprint density at radius 1 is 1.33 bits per heavy atom. The third-order valence-electron chi connectivity index (χ3n) is 2.85. The molecule has 9 heteroatoms. The van der Waals surface area contributed by atoms with Gasteiger partial charge in [0, 0.05) is 11.8 Å². The molecule has 0 saturated heterocycles. The number of aromatic nitrogens is 2. The van der Waals surface area contributed by atoms with Crippen LogP contribution in [0.5, 0.6) is 0 Å². The molecule has 2 aromatic rings. The van der Waals surface area contributed by atoms with E-state index in [4.69, 9.17) is 5.73 Å². The molecule has 0 aliphatic rings. The molecule has 1 aromatic heterocycles. The summed E-state index contributed by atoms with van der Waals surface area (Å²) in [5.41, 5.74) is 6.54. The Labute approximate surface area is 121 Å². The molecule has 8 nitrogen and oxygen atoms in total. The molecule has 0 fully saturated rings. The Morgan fingerprint density at radius 2 is 2.05 bits per heavy atom. The molecule has 0 aliphatic heterocycles. The first-order chi connectivity index (χ1) is 9.83. The molecule has 0 bridgehead atoms. The molecular weight excluding hydrogens is 294 g/mol. The van der Waals surface area contributed by atoms with Gasteiger partial charge in [-0.15, -0.1) is 0 Å². The van der Waals surface area contributed by atoms with Crippen LogP contribution in [0.25, 0.3) is 0 Å². The van der Waals surface area contributed by atoms with Gasteiger partial charge in [-0.2, -0.15) is 5.10 Å². The normalized spacial score (nSPS) is 11.3. The summed E-state index contributed by atoms with van der Waals surface area (Å²) < 4.78 is 26.0. The van der Waals surface area contributed by atoms with Gasteiger partial charge in [0.05, 0.1) is 4.90 Å². The molecule has 21 heavy (non-hydrogen) atoms. The van der Waals surface area contributed by atoms with E-state index >= 15 is 0 Å². The van der Waals surface area contributed by atoms with Crippen LogP contribution in [0.2, 0.25) is 0 Å². The second-order valence-corrected chi connectivity index (χ2v) is 6.20. The Balaban J connectivity index is 2.30. The summed E-state index contributed by atoms with van der Waals surface area (Å²) in [7, 11) is -2.26. The number of aromatic amines is 1. The average Bonchev–Trinajstić information content (AvgIpc) is 2.87. The topological polar surface area (TPSA) is 130 Å². The van der Waals surface area contributed by atoms with E-state index in [1.54, 1.807) is 19.1 Å². The highest BCUT2D eigenvalue weighted by molar-refractivity contribution is 7.89. The number of hydrogen-bond donors (Lipinski definition) is 4. The van der Waals surface area contributed by atoms with Crippen molar-refractivity contribution < 1.29 is 13.2 Å². The van der Waals surface area contributed by atoms with Crippen LogP contribution in [0.3, 0.4) is 0 Å². The lowest BCUT2D eigenvalue weighted by Crippen LogP contribution is -2.20. The van der Waals surface area contributed by atoms with Crippen LogP contribution < -0.4 is 15.8 Å². The number of aryl methyl sites for hydroxylation is 1. The number of hydrogen-bond acceptors (Lipinski definition) is 5. The Morgan fingerprint density at radius 3 is 2.62 bits per heavy atom. The summed E-state index contributed by atoms with van der Waals surface area (Å²) in [5.74, 6) is -0.265. The second-order valence-electron chi connectivity index (χ2n) is 4.35. The van der Waals surface area contributed by atoms with Crippen LogP contribution in [0.4, 0.5) is 11.5 Å². The van der Waals surface area contributed by atoms with E-state index in [0.29, 0.717) is 11.3 Å². The van der Waals surface area contributed by atoms with Crippen LogP contribution in [0.15, 0.2) is 29.2 Å². The van der Waals surface area contributed by atoms with Gasteiger partial charge in [0.2, 0.25) is 10.0 Å². The molecule has 0 aliphatic carbocycles. The number of anilines is 2. The molecule has 0 atom stereocenters. The number of nitrogens with one attached hydrogen (secondary N) is 3. The van der Waals surface area contributed by atoms with E-state index in [1.165, 1.54) is 19.2 Å². The van der Waals surface area contributed by atoms with Crippen LogP contribution in [0, 0.1) is 6.92 Å². The molecule has 0 radical (unpaired) electrons. The van der Waals surface area contributed by atoms with Gasteiger partial charge in [0.1, 0.15) is 11.5 Å². The number of nitrogen functional groups attached to an aromatic ring is 1. The lowest BCUT2D eigenvalue weighted by Gasteiger charge is -2.09. The van der Waals surface area contributed by atoms with Crippen molar-refractivity contribution in [3.8, 4) is 0 Å². The first kappa shape index (κ1) is 15.0. The number of sulfonamides is 1.